The molecule has 106 valence electrons. The molecule has 1 unspecified atom stereocenters. The van der Waals surface area contributed by atoms with E-state index in [1.54, 1.807) is 12.4 Å². The molecule has 4 heteroatoms. The number of pyridine rings is 1. The summed E-state index contributed by atoms with van der Waals surface area (Å²) >= 11 is 6.33. The molecule has 0 radical (unpaired) electrons. The molecule has 0 aliphatic rings. The number of aryl methyl sites for hydroxylation is 1. The predicted octanol–water partition coefficient (Wildman–Crippen LogP) is 3.88. The zero-order valence-corrected chi connectivity index (χ0v) is 12.7. The molecular formula is C16H19ClN2O. The summed E-state index contributed by atoms with van der Waals surface area (Å²) < 4.78 is 5.64. The van der Waals surface area contributed by atoms with E-state index in [1.807, 2.05) is 45.0 Å². The zero-order chi connectivity index (χ0) is 14.7. The van der Waals surface area contributed by atoms with Crippen molar-refractivity contribution in [3.8, 4) is 5.75 Å². The van der Waals surface area contributed by atoms with Crippen LogP contribution in [0.2, 0.25) is 5.02 Å². The molecule has 0 bridgehead atoms. The molecule has 0 spiro atoms. The largest absolute Gasteiger partial charge is 0.489 e. The van der Waals surface area contributed by atoms with Crippen LogP contribution in [-0.2, 0) is 0 Å². The topological polar surface area (TPSA) is 48.1 Å². The molecular weight excluding hydrogens is 272 g/mol. The maximum atomic E-state index is 6.33. The van der Waals surface area contributed by atoms with Crippen molar-refractivity contribution in [3.63, 3.8) is 0 Å². The van der Waals surface area contributed by atoms with Gasteiger partial charge in [0, 0.05) is 11.2 Å². The fraction of sp³-hybridized carbons (Fsp3) is 0.312. The second kappa shape index (κ2) is 6.25. The van der Waals surface area contributed by atoms with E-state index in [2.05, 4.69) is 4.98 Å². The Kier molecular flexibility index (Phi) is 4.63. The van der Waals surface area contributed by atoms with Crippen LogP contribution in [0.4, 0.5) is 0 Å². The summed E-state index contributed by atoms with van der Waals surface area (Å²) in [4.78, 5) is 4.19. The van der Waals surface area contributed by atoms with Crippen LogP contribution in [0.25, 0.3) is 0 Å². The molecule has 0 saturated carbocycles. The third-order valence-electron chi connectivity index (χ3n) is 3.02. The van der Waals surface area contributed by atoms with Gasteiger partial charge < -0.3 is 10.5 Å². The lowest BCUT2D eigenvalue weighted by Gasteiger charge is -2.17. The molecule has 0 amide bonds. The first-order chi connectivity index (χ1) is 9.49. The number of nitrogens with zero attached hydrogens (tertiary/aromatic N) is 1. The summed E-state index contributed by atoms with van der Waals surface area (Å²) in [5.41, 5.74) is 9.10. The van der Waals surface area contributed by atoms with Crippen LogP contribution in [0.5, 0.6) is 5.75 Å². The van der Waals surface area contributed by atoms with E-state index in [9.17, 15) is 0 Å². The Bertz CT molecular complexity index is 599. The molecule has 0 aliphatic heterocycles. The minimum absolute atomic E-state index is 0.103. The number of halogens is 1. The zero-order valence-electron chi connectivity index (χ0n) is 11.9. The quantitative estimate of drug-likeness (QED) is 0.929. The van der Waals surface area contributed by atoms with Gasteiger partial charge in [-0.25, -0.2) is 0 Å². The minimum Gasteiger partial charge on any atom is -0.489 e. The molecule has 20 heavy (non-hydrogen) atoms. The number of ether oxygens (including phenoxy) is 1. The predicted molar refractivity (Wildman–Crippen MR) is 82.2 cm³/mol. The van der Waals surface area contributed by atoms with E-state index in [-0.39, 0.29) is 12.1 Å². The fourth-order valence-corrected chi connectivity index (χ4v) is 2.28. The molecule has 0 aliphatic carbocycles. The van der Waals surface area contributed by atoms with Gasteiger partial charge in [-0.1, -0.05) is 29.8 Å². The monoisotopic (exact) mass is 290 g/mol. The third-order valence-corrected chi connectivity index (χ3v) is 3.54. The molecule has 1 aromatic carbocycles. The van der Waals surface area contributed by atoms with E-state index < -0.39 is 0 Å². The highest BCUT2D eigenvalue weighted by molar-refractivity contribution is 6.32. The van der Waals surface area contributed by atoms with Crippen molar-refractivity contribution in [1.29, 1.82) is 0 Å². The fourth-order valence-electron chi connectivity index (χ4n) is 2.03. The number of rotatable bonds is 4. The maximum Gasteiger partial charge on any atom is 0.138 e. The van der Waals surface area contributed by atoms with E-state index >= 15 is 0 Å². The van der Waals surface area contributed by atoms with Gasteiger partial charge in [0.2, 0.25) is 0 Å². The average Bonchev–Trinajstić information content (AvgIpc) is 2.41. The Morgan fingerprint density at radius 3 is 2.70 bits per heavy atom. The van der Waals surface area contributed by atoms with Crippen LogP contribution < -0.4 is 10.5 Å². The van der Waals surface area contributed by atoms with E-state index in [0.717, 1.165) is 22.4 Å². The van der Waals surface area contributed by atoms with Crippen LogP contribution in [0.1, 0.15) is 36.6 Å². The SMILES string of the molecule is Cc1cccc(C(N)c2cncc(OC(C)C)c2)c1Cl. The number of hydrogen-bond donors (Lipinski definition) is 1. The maximum absolute atomic E-state index is 6.33. The van der Waals surface area contributed by atoms with Crippen molar-refractivity contribution in [1.82, 2.24) is 4.98 Å². The highest BCUT2D eigenvalue weighted by Crippen LogP contribution is 2.29. The number of hydrogen-bond acceptors (Lipinski definition) is 3. The van der Waals surface area contributed by atoms with Gasteiger partial charge in [-0.15, -0.1) is 0 Å². The van der Waals surface area contributed by atoms with Crippen molar-refractivity contribution in [3.05, 3.63) is 58.4 Å². The number of aromatic nitrogens is 1. The first-order valence-corrected chi connectivity index (χ1v) is 6.99. The highest BCUT2D eigenvalue weighted by Gasteiger charge is 2.15. The summed E-state index contributed by atoms with van der Waals surface area (Å²) in [6, 6.07) is 7.46. The standard InChI is InChI=1S/C16H19ClN2O/c1-10(2)20-13-7-12(8-19-9-13)16(18)14-6-4-5-11(3)15(14)17/h4-10,16H,18H2,1-3H3. The Balaban J connectivity index is 2.33. The molecule has 1 atom stereocenters. The van der Waals surface area contributed by atoms with Crippen molar-refractivity contribution in [2.24, 2.45) is 5.73 Å². The first-order valence-electron chi connectivity index (χ1n) is 6.61. The van der Waals surface area contributed by atoms with Gasteiger partial charge in [-0.3, -0.25) is 4.98 Å². The Hall–Kier alpha value is -1.58. The Morgan fingerprint density at radius 2 is 2.00 bits per heavy atom. The molecule has 2 N–H and O–H groups in total. The summed E-state index contributed by atoms with van der Waals surface area (Å²) in [6.07, 6.45) is 3.54. The first kappa shape index (κ1) is 14.8. The van der Waals surface area contributed by atoms with Gasteiger partial charge in [-0.2, -0.15) is 0 Å². The van der Waals surface area contributed by atoms with Crippen LogP contribution in [0.3, 0.4) is 0 Å². The van der Waals surface area contributed by atoms with Crippen LogP contribution in [0, 0.1) is 6.92 Å². The van der Waals surface area contributed by atoms with Gasteiger partial charge >= 0.3 is 0 Å². The van der Waals surface area contributed by atoms with Gasteiger partial charge in [0.1, 0.15) is 5.75 Å². The van der Waals surface area contributed by atoms with E-state index in [0.29, 0.717) is 5.02 Å². The molecule has 2 rings (SSSR count). The van der Waals surface area contributed by atoms with E-state index in [4.69, 9.17) is 22.1 Å². The number of benzene rings is 1. The summed E-state index contributed by atoms with van der Waals surface area (Å²) in [5.74, 6) is 0.719. The van der Waals surface area contributed by atoms with Crippen molar-refractivity contribution < 1.29 is 4.74 Å². The Labute approximate surface area is 124 Å². The van der Waals surface area contributed by atoms with Crippen LogP contribution in [-0.4, -0.2) is 11.1 Å². The second-order valence-electron chi connectivity index (χ2n) is 5.08. The second-order valence-corrected chi connectivity index (χ2v) is 5.45. The lowest BCUT2D eigenvalue weighted by atomic mass is 9.99. The summed E-state index contributed by atoms with van der Waals surface area (Å²) in [5, 5.41) is 0.704. The molecule has 2 aromatic rings. The van der Waals surface area contributed by atoms with Gasteiger partial charge in [0.15, 0.2) is 0 Å². The Morgan fingerprint density at radius 1 is 1.25 bits per heavy atom. The van der Waals surface area contributed by atoms with Crippen LogP contribution >= 0.6 is 11.6 Å². The summed E-state index contributed by atoms with van der Waals surface area (Å²) in [6.45, 7) is 5.92. The number of nitrogens with two attached hydrogens (primary N) is 1. The molecule has 3 nitrogen and oxygen atoms in total. The van der Waals surface area contributed by atoms with E-state index in [1.165, 1.54) is 0 Å². The minimum atomic E-state index is -0.314. The normalized spacial score (nSPS) is 12.5. The van der Waals surface area contributed by atoms with Gasteiger partial charge in [0.25, 0.3) is 0 Å². The van der Waals surface area contributed by atoms with Crippen molar-refractivity contribution in [2.45, 2.75) is 32.9 Å². The lowest BCUT2D eigenvalue weighted by molar-refractivity contribution is 0.241. The molecule has 1 heterocycles. The molecule has 1 aromatic heterocycles. The third kappa shape index (κ3) is 3.30. The summed E-state index contributed by atoms with van der Waals surface area (Å²) in [7, 11) is 0. The highest BCUT2D eigenvalue weighted by atomic mass is 35.5. The van der Waals surface area contributed by atoms with Gasteiger partial charge in [-0.05, 0) is 43.5 Å². The smallest absolute Gasteiger partial charge is 0.138 e. The van der Waals surface area contributed by atoms with Crippen molar-refractivity contribution >= 4 is 11.6 Å². The molecule has 0 fully saturated rings. The lowest BCUT2D eigenvalue weighted by Crippen LogP contribution is -2.14. The molecule has 0 saturated heterocycles. The average molecular weight is 291 g/mol. The van der Waals surface area contributed by atoms with Crippen LogP contribution in [0.15, 0.2) is 36.7 Å². The van der Waals surface area contributed by atoms with Gasteiger partial charge in [0.05, 0.1) is 18.3 Å². The van der Waals surface area contributed by atoms with Crippen molar-refractivity contribution in [2.75, 3.05) is 0 Å².